The minimum atomic E-state index is -0.523. The number of carbonyl (C=O) groups is 3. The van der Waals surface area contributed by atoms with Gasteiger partial charge < -0.3 is 24.6 Å². The van der Waals surface area contributed by atoms with Crippen LogP contribution in [0.25, 0.3) is 0 Å². The third kappa shape index (κ3) is 5.23. The molecule has 3 amide bonds. The predicted molar refractivity (Wildman–Crippen MR) is 112 cm³/mol. The number of hydrogen-bond donors (Lipinski definition) is 1. The Hall–Kier alpha value is -2.77. The summed E-state index contributed by atoms with van der Waals surface area (Å²) in [6.45, 7) is 6.94. The van der Waals surface area contributed by atoms with Crippen molar-refractivity contribution < 1.29 is 23.9 Å². The number of methoxy groups -OCH3 is 1. The van der Waals surface area contributed by atoms with Gasteiger partial charge in [-0.05, 0) is 45.7 Å². The first kappa shape index (κ1) is 21.9. The number of piperidine rings is 1. The molecule has 1 atom stereocenters. The minimum absolute atomic E-state index is 0.00778. The van der Waals surface area contributed by atoms with Gasteiger partial charge in [0, 0.05) is 32.1 Å². The lowest BCUT2D eigenvalue weighted by Crippen LogP contribution is -2.49. The summed E-state index contributed by atoms with van der Waals surface area (Å²) in [5.41, 5.74) is 0.163. The molecule has 0 spiro atoms. The molecule has 2 fully saturated rings. The molecule has 1 N–H and O–H groups in total. The minimum Gasteiger partial charge on any atom is -0.495 e. The fraction of sp³-hybridized carbons (Fsp3) is 0.591. The molecule has 0 radical (unpaired) electrons. The van der Waals surface area contributed by atoms with Crippen molar-refractivity contribution >= 4 is 23.6 Å². The molecule has 0 aromatic heterocycles. The zero-order chi connectivity index (χ0) is 21.9. The van der Waals surface area contributed by atoms with Crippen molar-refractivity contribution in [1.29, 1.82) is 0 Å². The van der Waals surface area contributed by atoms with Crippen molar-refractivity contribution in [1.82, 2.24) is 10.2 Å². The first-order chi connectivity index (χ1) is 14.2. The van der Waals surface area contributed by atoms with Gasteiger partial charge in [-0.3, -0.25) is 9.59 Å². The monoisotopic (exact) mass is 417 g/mol. The summed E-state index contributed by atoms with van der Waals surface area (Å²) in [6.07, 6.45) is 1.20. The van der Waals surface area contributed by atoms with Crippen LogP contribution in [0.1, 0.15) is 40.0 Å². The second kappa shape index (κ2) is 8.93. The molecule has 2 aliphatic rings. The maximum absolute atomic E-state index is 12.8. The van der Waals surface area contributed by atoms with E-state index in [0.717, 1.165) is 0 Å². The van der Waals surface area contributed by atoms with Gasteiger partial charge in [-0.25, -0.2) is 4.79 Å². The molecule has 0 saturated carbocycles. The van der Waals surface area contributed by atoms with Crippen molar-refractivity contribution in [3.05, 3.63) is 24.3 Å². The van der Waals surface area contributed by atoms with Crippen LogP contribution >= 0.6 is 0 Å². The second-order valence-corrected chi connectivity index (χ2v) is 8.83. The zero-order valence-corrected chi connectivity index (χ0v) is 18.1. The standard InChI is InChI=1S/C22H31N3O5/c1-22(2,3)30-21(28)24-11-9-16(10-12-24)23-20(27)15-13-19(26)25(14-15)17-7-5-6-8-18(17)29-4/h5-8,15-16H,9-14H2,1-4H3,(H,23,27). The van der Waals surface area contributed by atoms with Gasteiger partial charge in [0.2, 0.25) is 11.8 Å². The number of nitrogens with one attached hydrogen (secondary N) is 1. The van der Waals surface area contributed by atoms with E-state index >= 15 is 0 Å². The van der Waals surface area contributed by atoms with Gasteiger partial charge in [-0.2, -0.15) is 0 Å². The van der Waals surface area contributed by atoms with E-state index < -0.39 is 11.5 Å². The Bertz CT molecular complexity index is 796. The number of likely N-dealkylation sites (tertiary alicyclic amines) is 1. The maximum atomic E-state index is 12.8. The van der Waals surface area contributed by atoms with Gasteiger partial charge in [0.15, 0.2) is 0 Å². The summed E-state index contributed by atoms with van der Waals surface area (Å²) in [4.78, 5) is 40.8. The summed E-state index contributed by atoms with van der Waals surface area (Å²) in [5, 5.41) is 3.06. The number of rotatable bonds is 4. The Morgan fingerprint density at radius 1 is 1.13 bits per heavy atom. The van der Waals surface area contributed by atoms with Crippen LogP contribution in [0.5, 0.6) is 5.75 Å². The molecule has 8 heteroatoms. The van der Waals surface area contributed by atoms with E-state index in [1.54, 1.807) is 23.0 Å². The van der Waals surface area contributed by atoms with Gasteiger partial charge in [0.1, 0.15) is 11.4 Å². The highest BCUT2D eigenvalue weighted by atomic mass is 16.6. The summed E-state index contributed by atoms with van der Waals surface area (Å²) in [6, 6.07) is 7.30. The Morgan fingerprint density at radius 3 is 2.43 bits per heavy atom. The number of carbonyl (C=O) groups excluding carboxylic acids is 3. The Labute approximate surface area is 177 Å². The van der Waals surface area contributed by atoms with Crippen molar-refractivity contribution in [2.45, 2.75) is 51.7 Å². The van der Waals surface area contributed by atoms with Crippen LogP contribution in [0.2, 0.25) is 0 Å². The summed E-state index contributed by atoms with van der Waals surface area (Å²) in [7, 11) is 1.56. The topological polar surface area (TPSA) is 88.2 Å². The third-order valence-corrected chi connectivity index (χ3v) is 5.36. The molecule has 2 heterocycles. The van der Waals surface area contributed by atoms with Crippen molar-refractivity contribution in [2.24, 2.45) is 5.92 Å². The average molecular weight is 418 g/mol. The Kier molecular flexibility index (Phi) is 6.53. The van der Waals surface area contributed by atoms with Gasteiger partial charge in [0.05, 0.1) is 18.7 Å². The predicted octanol–water partition coefficient (Wildman–Crippen LogP) is 2.56. The van der Waals surface area contributed by atoms with E-state index in [0.29, 0.717) is 43.9 Å². The van der Waals surface area contributed by atoms with E-state index in [4.69, 9.17) is 9.47 Å². The lowest BCUT2D eigenvalue weighted by Gasteiger charge is -2.34. The smallest absolute Gasteiger partial charge is 0.410 e. The molecular weight excluding hydrogens is 386 g/mol. The molecule has 30 heavy (non-hydrogen) atoms. The molecular formula is C22H31N3O5. The van der Waals surface area contributed by atoms with Crippen LogP contribution in [0, 0.1) is 5.92 Å². The molecule has 164 valence electrons. The number of anilines is 1. The molecule has 1 aromatic rings. The van der Waals surface area contributed by atoms with E-state index in [2.05, 4.69) is 5.32 Å². The number of para-hydroxylation sites is 2. The molecule has 2 aliphatic heterocycles. The lowest BCUT2D eigenvalue weighted by atomic mass is 10.0. The molecule has 0 aliphatic carbocycles. The fourth-order valence-corrected chi connectivity index (χ4v) is 3.82. The fourth-order valence-electron chi connectivity index (χ4n) is 3.82. The SMILES string of the molecule is COc1ccccc1N1CC(C(=O)NC2CCN(C(=O)OC(C)(C)C)CC2)CC1=O. The Balaban J connectivity index is 1.51. The molecule has 8 nitrogen and oxygen atoms in total. The molecule has 3 rings (SSSR count). The number of amides is 3. The van der Waals surface area contributed by atoms with Crippen molar-refractivity contribution in [3.63, 3.8) is 0 Å². The highest BCUT2D eigenvalue weighted by Gasteiger charge is 2.37. The largest absolute Gasteiger partial charge is 0.495 e. The normalized spacial score (nSPS) is 20.3. The van der Waals surface area contributed by atoms with Gasteiger partial charge in [-0.15, -0.1) is 0 Å². The molecule has 1 unspecified atom stereocenters. The first-order valence-corrected chi connectivity index (χ1v) is 10.4. The van der Waals surface area contributed by atoms with E-state index in [9.17, 15) is 14.4 Å². The van der Waals surface area contributed by atoms with Crippen molar-refractivity contribution in [2.75, 3.05) is 31.6 Å². The lowest BCUT2D eigenvalue weighted by molar-refractivity contribution is -0.127. The van der Waals surface area contributed by atoms with Crippen LogP contribution in [0.15, 0.2) is 24.3 Å². The highest BCUT2D eigenvalue weighted by molar-refractivity contribution is 6.01. The average Bonchev–Trinajstić information content (AvgIpc) is 3.09. The Morgan fingerprint density at radius 2 is 1.80 bits per heavy atom. The molecule has 2 saturated heterocycles. The van der Waals surface area contributed by atoms with Crippen LogP contribution < -0.4 is 15.0 Å². The summed E-state index contributed by atoms with van der Waals surface area (Å²) < 4.78 is 10.8. The summed E-state index contributed by atoms with van der Waals surface area (Å²) >= 11 is 0. The van der Waals surface area contributed by atoms with Crippen LogP contribution in [-0.2, 0) is 14.3 Å². The van der Waals surface area contributed by atoms with E-state index in [1.807, 2.05) is 39.0 Å². The maximum Gasteiger partial charge on any atom is 0.410 e. The highest BCUT2D eigenvalue weighted by Crippen LogP contribution is 2.33. The van der Waals surface area contributed by atoms with Crippen LogP contribution in [-0.4, -0.2) is 61.2 Å². The van der Waals surface area contributed by atoms with E-state index in [-0.39, 0.29) is 30.4 Å². The molecule has 1 aromatic carbocycles. The van der Waals surface area contributed by atoms with Gasteiger partial charge in [-0.1, -0.05) is 12.1 Å². The number of benzene rings is 1. The zero-order valence-electron chi connectivity index (χ0n) is 18.1. The van der Waals surface area contributed by atoms with Crippen LogP contribution in [0.3, 0.4) is 0 Å². The number of nitrogens with zero attached hydrogens (tertiary/aromatic N) is 2. The van der Waals surface area contributed by atoms with E-state index in [1.165, 1.54) is 0 Å². The van der Waals surface area contributed by atoms with Gasteiger partial charge in [0.25, 0.3) is 0 Å². The van der Waals surface area contributed by atoms with Crippen molar-refractivity contribution in [3.8, 4) is 5.75 Å². The quantitative estimate of drug-likeness (QED) is 0.814. The third-order valence-electron chi connectivity index (χ3n) is 5.36. The van der Waals surface area contributed by atoms with Crippen LogP contribution in [0.4, 0.5) is 10.5 Å². The van der Waals surface area contributed by atoms with Gasteiger partial charge >= 0.3 is 6.09 Å². The summed E-state index contributed by atoms with van der Waals surface area (Å²) in [5.74, 6) is 0.0172. The molecule has 0 bridgehead atoms. The number of ether oxygens (including phenoxy) is 2. The first-order valence-electron chi connectivity index (χ1n) is 10.4. The second-order valence-electron chi connectivity index (χ2n) is 8.83. The number of hydrogen-bond acceptors (Lipinski definition) is 5.